The summed E-state index contributed by atoms with van der Waals surface area (Å²) in [5.41, 5.74) is 3.58. The molecule has 0 saturated carbocycles. The molecular weight excluding hydrogens is 329 g/mol. The Kier molecular flexibility index (Phi) is 5.05. The number of methoxy groups -OCH3 is 1. The first-order valence-corrected chi connectivity index (χ1v) is 9.12. The molecule has 2 aliphatic heterocycles. The van der Waals surface area contributed by atoms with E-state index in [2.05, 4.69) is 35.2 Å². The van der Waals surface area contributed by atoms with E-state index < -0.39 is 0 Å². The minimum Gasteiger partial charge on any atom is -0.496 e. The fraction of sp³-hybridized carbons (Fsp3) is 0.364. The molecule has 4 heteroatoms. The first kappa shape index (κ1) is 17.3. The number of halogens is 1. The standard InChI is InChI=1S/C22H24FNO2/c1-25-22-8-7-19(23)12-18(22)9-17-10-20-14-26-15-21(11-17)24(20)13-16-5-3-2-4-6-16/h2-8,10,12,20-21H,9,11,13-15H2,1H3. The van der Waals surface area contributed by atoms with E-state index >= 15 is 0 Å². The lowest BCUT2D eigenvalue weighted by atomic mass is 9.89. The third kappa shape index (κ3) is 3.67. The molecule has 1 saturated heterocycles. The van der Waals surface area contributed by atoms with Gasteiger partial charge in [-0.3, -0.25) is 4.90 Å². The van der Waals surface area contributed by atoms with Crippen LogP contribution >= 0.6 is 0 Å². The van der Waals surface area contributed by atoms with Crippen LogP contribution in [0.5, 0.6) is 5.75 Å². The van der Waals surface area contributed by atoms with Crippen molar-refractivity contribution in [1.29, 1.82) is 0 Å². The second-order valence-corrected chi connectivity index (χ2v) is 7.08. The number of ether oxygens (including phenoxy) is 2. The van der Waals surface area contributed by atoms with Gasteiger partial charge in [0.25, 0.3) is 0 Å². The van der Waals surface area contributed by atoms with Crippen LogP contribution in [-0.2, 0) is 17.7 Å². The van der Waals surface area contributed by atoms with Crippen LogP contribution in [0.4, 0.5) is 4.39 Å². The van der Waals surface area contributed by atoms with E-state index in [-0.39, 0.29) is 11.9 Å². The average molecular weight is 353 g/mol. The van der Waals surface area contributed by atoms with Gasteiger partial charge in [0.1, 0.15) is 11.6 Å². The molecule has 2 atom stereocenters. The van der Waals surface area contributed by atoms with E-state index in [1.165, 1.54) is 17.2 Å². The van der Waals surface area contributed by atoms with Crippen molar-refractivity contribution < 1.29 is 13.9 Å². The lowest BCUT2D eigenvalue weighted by Gasteiger charge is -2.45. The number of benzene rings is 2. The Morgan fingerprint density at radius 2 is 2.00 bits per heavy atom. The van der Waals surface area contributed by atoms with Gasteiger partial charge in [-0.1, -0.05) is 42.0 Å². The van der Waals surface area contributed by atoms with E-state index in [0.717, 1.165) is 37.3 Å². The van der Waals surface area contributed by atoms with Crippen LogP contribution < -0.4 is 4.74 Å². The van der Waals surface area contributed by atoms with Gasteiger partial charge >= 0.3 is 0 Å². The number of fused-ring (bicyclic) bond motifs is 2. The Morgan fingerprint density at radius 3 is 2.77 bits per heavy atom. The third-order valence-electron chi connectivity index (χ3n) is 5.29. The van der Waals surface area contributed by atoms with Gasteiger partial charge in [-0.15, -0.1) is 0 Å². The molecule has 2 aromatic carbocycles. The van der Waals surface area contributed by atoms with Crippen LogP contribution in [0.15, 0.2) is 60.2 Å². The fourth-order valence-corrected chi connectivity index (χ4v) is 4.05. The first-order valence-electron chi connectivity index (χ1n) is 9.12. The maximum atomic E-state index is 13.7. The minimum absolute atomic E-state index is 0.216. The number of rotatable bonds is 5. The summed E-state index contributed by atoms with van der Waals surface area (Å²) < 4.78 is 24.9. The van der Waals surface area contributed by atoms with Crippen molar-refractivity contribution in [2.24, 2.45) is 0 Å². The van der Waals surface area contributed by atoms with Gasteiger partial charge in [-0.25, -0.2) is 4.39 Å². The van der Waals surface area contributed by atoms with Crippen molar-refractivity contribution in [3.63, 3.8) is 0 Å². The zero-order valence-electron chi connectivity index (χ0n) is 15.0. The van der Waals surface area contributed by atoms with Crippen molar-refractivity contribution in [3.05, 3.63) is 77.1 Å². The lowest BCUT2D eigenvalue weighted by molar-refractivity contribution is -0.0440. The zero-order valence-corrected chi connectivity index (χ0v) is 15.0. The van der Waals surface area contributed by atoms with Crippen LogP contribution in [0.2, 0.25) is 0 Å². The molecule has 4 rings (SSSR count). The minimum atomic E-state index is -0.216. The topological polar surface area (TPSA) is 21.7 Å². The summed E-state index contributed by atoms with van der Waals surface area (Å²) >= 11 is 0. The van der Waals surface area contributed by atoms with E-state index in [1.54, 1.807) is 19.2 Å². The van der Waals surface area contributed by atoms with E-state index in [4.69, 9.17) is 9.47 Å². The maximum absolute atomic E-state index is 13.7. The predicted molar refractivity (Wildman–Crippen MR) is 99.7 cm³/mol. The molecular formula is C22H24FNO2. The summed E-state index contributed by atoms with van der Waals surface area (Å²) in [6.45, 7) is 2.40. The first-order chi connectivity index (χ1) is 12.7. The third-order valence-corrected chi connectivity index (χ3v) is 5.29. The second-order valence-electron chi connectivity index (χ2n) is 7.08. The predicted octanol–water partition coefficient (Wildman–Crippen LogP) is 3.98. The van der Waals surface area contributed by atoms with Crippen LogP contribution in [-0.4, -0.2) is 37.3 Å². The van der Waals surface area contributed by atoms with E-state index in [0.29, 0.717) is 12.6 Å². The molecule has 0 spiro atoms. The molecule has 26 heavy (non-hydrogen) atoms. The highest BCUT2D eigenvalue weighted by Crippen LogP contribution is 2.32. The van der Waals surface area contributed by atoms with Gasteiger partial charge < -0.3 is 9.47 Å². The lowest BCUT2D eigenvalue weighted by Crippen LogP contribution is -2.53. The molecule has 136 valence electrons. The summed E-state index contributed by atoms with van der Waals surface area (Å²) in [5, 5.41) is 0. The van der Waals surface area contributed by atoms with Crippen LogP contribution in [0.3, 0.4) is 0 Å². The van der Waals surface area contributed by atoms with Crippen molar-refractivity contribution >= 4 is 0 Å². The molecule has 0 radical (unpaired) electrons. The largest absolute Gasteiger partial charge is 0.496 e. The second kappa shape index (κ2) is 7.60. The summed E-state index contributed by atoms with van der Waals surface area (Å²) in [5.74, 6) is 0.534. The number of morpholine rings is 1. The zero-order chi connectivity index (χ0) is 17.9. The summed E-state index contributed by atoms with van der Waals surface area (Å²) in [7, 11) is 1.64. The highest BCUT2D eigenvalue weighted by Gasteiger charge is 2.34. The molecule has 1 fully saturated rings. The maximum Gasteiger partial charge on any atom is 0.123 e. The summed E-state index contributed by atoms with van der Waals surface area (Å²) in [6, 6.07) is 16.0. The molecule has 0 aliphatic carbocycles. The van der Waals surface area contributed by atoms with Gasteiger partial charge in [0.2, 0.25) is 0 Å². The Balaban J connectivity index is 1.54. The number of nitrogens with zero attached hydrogens (tertiary/aromatic N) is 1. The SMILES string of the molecule is COc1ccc(F)cc1CC1=CC2COCC(C1)N2Cc1ccccc1. The van der Waals surface area contributed by atoms with Crippen molar-refractivity contribution in [1.82, 2.24) is 4.90 Å². The number of hydrogen-bond donors (Lipinski definition) is 0. The molecule has 0 N–H and O–H groups in total. The van der Waals surface area contributed by atoms with Gasteiger partial charge in [0.05, 0.1) is 26.4 Å². The summed E-state index contributed by atoms with van der Waals surface area (Å²) in [6.07, 6.45) is 3.99. The van der Waals surface area contributed by atoms with Gasteiger partial charge in [0, 0.05) is 18.2 Å². The van der Waals surface area contributed by atoms with Crippen LogP contribution in [0.1, 0.15) is 17.5 Å². The molecule has 3 nitrogen and oxygen atoms in total. The Bertz CT molecular complexity index is 790. The highest BCUT2D eigenvalue weighted by molar-refractivity contribution is 5.38. The van der Waals surface area contributed by atoms with Crippen LogP contribution in [0, 0.1) is 5.82 Å². The average Bonchev–Trinajstić information content (AvgIpc) is 2.63. The Morgan fingerprint density at radius 1 is 1.15 bits per heavy atom. The normalized spacial score (nSPS) is 22.8. The molecule has 2 bridgehead atoms. The Labute approximate surface area is 154 Å². The van der Waals surface area contributed by atoms with Crippen LogP contribution in [0.25, 0.3) is 0 Å². The molecule has 0 aromatic heterocycles. The van der Waals surface area contributed by atoms with Crippen molar-refractivity contribution in [3.8, 4) is 5.75 Å². The smallest absolute Gasteiger partial charge is 0.123 e. The van der Waals surface area contributed by atoms with Gasteiger partial charge in [-0.05, 0) is 36.6 Å². The highest BCUT2D eigenvalue weighted by atomic mass is 19.1. The fourth-order valence-electron chi connectivity index (χ4n) is 4.05. The van der Waals surface area contributed by atoms with E-state index in [1.807, 2.05) is 6.07 Å². The molecule has 0 amide bonds. The van der Waals surface area contributed by atoms with Crippen molar-refractivity contribution in [2.45, 2.75) is 31.5 Å². The monoisotopic (exact) mass is 353 g/mol. The van der Waals surface area contributed by atoms with Crippen molar-refractivity contribution in [2.75, 3.05) is 20.3 Å². The molecule has 2 aromatic rings. The van der Waals surface area contributed by atoms with Gasteiger partial charge in [0.15, 0.2) is 0 Å². The Hall–Kier alpha value is -2.17. The van der Waals surface area contributed by atoms with E-state index in [9.17, 15) is 4.39 Å². The molecule has 2 unspecified atom stereocenters. The van der Waals surface area contributed by atoms with Gasteiger partial charge in [-0.2, -0.15) is 0 Å². The quantitative estimate of drug-likeness (QED) is 0.759. The number of hydrogen-bond acceptors (Lipinski definition) is 3. The summed E-state index contributed by atoms with van der Waals surface area (Å²) in [4.78, 5) is 2.53. The molecule has 2 heterocycles. The molecule has 2 aliphatic rings.